The van der Waals surface area contributed by atoms with Gasteiger partial charge in [0.1, 0.15) is 12.4 Å². The van der Waals surface area contributed by atoms with Crippen molar-refractivity contribution in [1.29, 1.82) is 0 Å². The minimum atomic E-state index is 0.389. The van der Waals surface area contributed by atoms with Gasteiger partial charge >= 0.3 is 0 Å². The van der Waals surface area contributed by atoms with Gasteiger partial charge in [0.15, 0.2) is 0 Å². The monoisotopic (exact) mass is 331 g/mol. The van der Waals surface area contributed by atoms with E-state index in [4.69, 9.17) is 9.73 Å². The summed E-state index contributed by atoms with van der Waals surface area (Å²) in [6.07, 6.45) is 1.05. The van der Waals surface area contributed by atoms with E-state index in [-0.39, 0.29) is 0 Å². The number of para-hydroxylation sites is 1. The standard InChI is InChI=1S/C23H25NO/c1-4-17(2)23(24-22-12-8-5-9-18(22)3)16-25-21-14-13-19-10-6-7-11-20(19)15-21/h5-15,17H,4,16H2,1-3H3/t17-/m1/s1. The maximum absolute atomic E-state index is 6.08. The molecule has 0 saturated heterocycles. The number of benzene rings is 3. The first-order chi connectivity index (χ1) is 12.2. The molecule has 25 heavy (non-hydrogen) atoms. The highest BCUT2D eigenvalue weighted by atomic mass is 16.5. The normalized spacial score (nSPS) is 13.0. The molecule has 2 heteroatoms. The quantitative estimate of drug-likeness (QED) is 0.482. The molecule has 1 atom stereocenters. The first-order valence-electron chi connectivity index (χ1n) is 8.92. The zero-order valence-electron chi connectivity index (χ0n) is 15.2. The van der Waals surface area contributed by atoms with Gasteiger partial charge in [0.05, 0.1) is 11.4 Å². The summed E-state index contributed by atoms with van der Waals surface area (Å²) in [5, 5.41) is 2.42. The molecule has 0 radical (unpaired) electrons. The first kappa shape index (κ1) is 17.2. The molecule has 0 unspecified atom stereocenters. The summed E-state index contributed by atoms with van der Waals surface area (Å²) in [7, 11) is 0. The van der Waals surface area contributed by atoms with Crippen LogP contribution in [-0.2, 0) is 0 Å². The Morgan fingerprint density at radius 2 is 1.68 bits per heavy atom. The van der Waals surface area contributed by atoms with E-state index in [9.17, 15) is 0 Å². The summed E-state index contributed by atoms with van der Waals surface area (Å²) >= 11 is 0. The van der Waals surface area contributed by atoms with Gasteiger partial charge < -0.3 is 4.74 Å². The Bertz CT molecular complexity index is 882. The minimum absolute atomic E-state index is 0.389. The maximum Gasteiger partial charge on any atom is 0.127 e. The average molecular weight is 331 g/mol. The zero-order chi connectivity index (χ0) is 17.6. The molecule has 3 rings (SSSR count). The zero-order valence-corrected chi connectivity index (χ0v) is 15.2. The third-order valence-corrected chi connectivity index (χ3v) is 4.67. The number of hydrogen-bond acceptors (Lipinski definition) is 2. The molecule has 128 valence electrons. The molecular formula is C23H25NO. The Labute approximate surface area is 150 Å². The lowest BCUT2D eigenvalue weighted by molar-refractivity contribution is 0.370. The molecule has 3 aromatic rings. The summed E-state index contributed by atoms with van der Waals surface area (Å²) in [4.78, 5) is 4.90. The van der Waals surface area contributed by atoms with Crippen molar-refractivity contribution in [2.75, 3.05) is 6.61 Å². The third-order valence-electron chi connectivity index (χ3n) is 4.67. The van der Waals surface area contributed by atoms with Crippen LogP contribution in [0.3, 0.4) is 0 Å². The van der Waals surface area contributed by atoms with Crippen molar-refractivity contribution >= 4 is 22.2 Å². The fourth-order valence-corrected chi connectivity index (χ4v) is 2.78. The van der Waals surface area contributed by atoms with Gasteiger partial charge in [0.25, 0.3) is 0 Å². The molecule has 0 aliphatic carbocycles. The van der Waals surface area contributed by atoms with Crippen LogP contribution in [-0.4, -0.2) is 12.3 Å². The Morgan fingerprint density at radius 1 is 0.960 bits per heavy atom. The van der Waals surface area contributed by atoms with Gasteiger partial charge in [-0.05, 0) is 53.8 Å². The molecule has 0 fully saturated rings. The largest absolute Gasteiger partial charge is 0.488 e. The van der Waals surface area contributed by atoms with Gasteiger partial charge in [0.2, 0.25) is 0 Å². The van der Waals surface area contributed by atoms with Crippen molar-refractivity contribution in [3.8, 4) is 5.75 Å². The molecular weight excluding hydrogens is 306 g/mol. The fourth-order valence-electron chi connectivity index (χ4n) is 2.78. The molecule has 0 aliphatic rings. The smallest absolute Gasteiger partial charge is 0.127 e. The van der Waals surface area contributed by atoms with E-state index in [0.29, 0.717) is 12.5 Å². The van der Waals surface area contributed by atoms with Gasteiger partial charge in [-0.1, -0.05) is 62.4 Å². The van der Waals surface area contributed by atoms with E-state index in [2.05, 4.69) is 69.3 Å². The molecule has 0 saturated carbocycles. The Hall–Kier alpha value is -2.61. The van der Waals surface area contributed by atoms with Crippen molar-refractivity contribution < 1.29 is 4.74 Å². The van der Waals surface area contributed by atoms with Crippen molar-refractivity contribution in [2.45, 2.75) is 27.2 Å². The molecule has 0 spiro atoms. The lowest BCUT2D eigenvalue weighted by atomic mass is 10.0. The first-order valence-corrected chi connectivity index (χ1v) is 8.92. The predicted octanol–water partition coefficient (Wildman–Crippen LogP) is 6.35. The van der Waals surface area contributed by atoms with Gasteiger partial charge in [-0.15, -0.1) is 0 Å². The molecule has 0 bridgehead atoms. The number of ether oxygens (including phenoxy) is 1. The number of fused-ring (bicyclic) bond motifs is 1. The lowest BCUT2D eigenvalue weighted by Gasteiger charge is -2.15. The van der Waals surface area contributed by atoms with Crippen LogP contribution in [0.1, 0.15) is 25.8 Å². The minimum Gasteiger partial charge on any atom is -0.488 e. The molecule has 0 aromatic heterocycles. The summed E-state index contributed by atoms with van der Waals surface area (Å²) in [5.74, 6) is 1.28. The predicted molar refractivity (Wildman–Crippen MR) is 107 cm³/mol. The van der Waals surface area contributed by atoms with Crippen LogP contribution in [0.4, 0.5) is 5.69 Å². The van der Waals surface area contributed by atoms with E-state index in [0.717, 1.165) is 23.6 Å². The fraction of sp³-hybridized carbons (Fsp3) is 0.261. The molecule has 3 aromatic carbocycles. The highest BCUT2D eigenvalue weighted by molar-refractivity contribution is 5.90. The summed E-state index contributed by atoms with van der Waals surface area (Å²) in [5.41, 5.74) is 3.30. The van der Waals surface area contributed by atoms with Gasteiger partial charge in [0, 0.05) is 0 Å². The van der Waals surface area contributed by atoms with Gasteiger partial charge in [-0.25, -0.2) is 0 Å². The third kappa shape index (κ3) is 4.27. The van der Waals surface area contributed by atoms with E-state index in [1.807, 2.05) is 18.2 Å². The van der Waals surface area contributed by atoms with Crippen LogP contribution in [0, 0.1) is 12.8 Å². The van der Waals surface area contributed by atoms with E-state index >= 15 is 0 Å². The van der Waals surface area contributed by atoms with Gasteiger partial charge in [-0.3, -0.25) is 4.99 Å². The maximum atomic E-state index is 6.08. The second-order valence-electron chi connectivity index (χ2n) is 6.50. The van der Waals surface area contributed by atoms with E-state index in [1.54, 1.807) is 0 Å². The van der Waals surface area contributed by atoms with Gasteiger partial charge in [-0.2, -0.15) is 0 Å². The van der Waals surface area contributed by atoms with E-state index in [1.165, 1.54) is 16.3 Å². The summed E-state index contributed by atoms with van der Waals surface area (Å²) in [6.45, 7) is 7.01. The molecule has 0 aliphatic heterocycles. The topological polar surface area (TPSA) is 21.6 Å². The number of rotatable bonds is 6. The van der Waals surface area contributed by atoms with E-state index < -0.39 is 0 Å². The summed E-state index contributed by atoms with van der Waals surface area (Å²) in [6, 6.07) is 22.8. The molecule has 0 heterocycles. The Morgan fingerprint density at radius 3 is 2.44 bits per heavy atom. The van der Waals surface area contributed by atoms with Crippen LogP contribution in [0.15, 0.2) is 71.7 Å². The highest BCUT2D eigenvalue weighted by Gasteiger charge is 2.11. The number of aryl methyl sites for hydroxylation is 1. The van der Waals surface area contributed by atoms with Crippen LogP contribution in [0.5, 0.6) is 5.75 Å². The number of hydrogen-bond donors (Lipinski definition) is 0. The second-order valence-corrected chi connectivity index (χ2v) is 6.50. The van der Waals surface area contributed by atoms with Crippen LogP contribution in [0.25, 0.3) is 10.8 Å². The molecule has 0 amide bonds. The molecule has 0 N–H and O–H groups in total. The highest BCUT2D eigenvalue weighted by Crippen LogP contribution is 2.23. The molecule has 2 nitrogen and oxygen atoms in total. The average Bonchev–Trinajstić information content (AvgIpc) is 2.65. The van der Waals surface area contributed by atoms with Crippen LogP contribution in [0.2, 0.25) is 0 Å². The SMILES string of the molecule is CC[C@@H](C)C(COc1ccc2ccccc2c1)=Nc1ccccc1C. The van der Waals surface area contributed by atoms with Crippen molar-refractivity contribution in [2.24, 2.45) is 10.9 Å². The van der Waals surface area contributed by atoms with Crippen molar-refractivity contribution in [1.82, 2.24) is 0 Å². The number of nitrogens with zero attached hydrogens (tertiary/aromatic N) is 1. The lowest BCUT2D eigenvalue weighted by Crippen LogP contribution is -2.19. The Balaban J connectivity index is 1.81. The second kappa shape index (κ2) is 7.98. The van der Waals surface area contributed by atoms with Crippen LogP contribution < -0.4 is 4.74 Å². The summed E-state index contributed by atoms with van der Waals surface area (Å²) < 4.78 is 6.08. The van der Waals surface area contributed by atoms with Crippen molar-refractivity contribution in [3.63, 3.8) is 0 Å². The Kier molecular flexibility index (Phi) is 5.49. The van der Waals surface area contributed by atoms with Crippen LogP contribution >= 0.6 is 0 Å². The number of aliphatic imine (C=N–C) groups is 1. The van der Waals surface area contributed by atoms with Crippen molar-refractivity contribution in [3.05, 3.63) is 72.3 Å².